The second-order valence-electron chi connectivity index (χ2n) is 3.99. The van der Waals surface area contributed by atoms with Gasteiger partial charge in [0.15, 0.2) is 0 Å². The smallest absolute Gasteiger partial charge is 0.250 e. The zero-order valence-corrected chi connectivity index (χ0v) is 12.9. The van der Waals surface area contributed by atoms with E-state index in [1.165, 1.54) is 6.07 Å². The lowest BCUT2D eigenvalue weighted by molar-refractivity contribution is 0.584. The van der Waals surface area contributed by atoms with E-state index in [9.17, 15) is 8.42 Å². The average molecular weight is 327 g/mol. The molecule has 0 spiro atoms. The largest absolute Gasteiger partial charge is 0.389 e. The molecule has 20 heavy (non-hydrogen) atoms. The van der Waals surface area contributed by atoms with E-state index in [1.807, 2.05) is 12.1 Å². The van der Waals surface area contributed by atoms with Crippen molar-refractivity contribution in [1.29, 1.82) is 0 Å². The average Bonchev–Trinajstić information content (AvgIpc) is 2.90. The molecule has 0 atom stereocenters. The Kier molecular flexibility index (Phi) is 4.81. The molecule has 2 aromatic heterocycles. The molecule has 2 heterocycles. The number of pyridine rings is 1. The van der Waals surface area contributed by atoms with E-state index in [2.05, 4.69) is 9.71 Å². The lowest BCUT2D eigenvalue weighted by Gasteiger charge is -2.04. The van der Waals surface area contributed by atoms with Crippen molar-refractivity contribution in [3.05, 3.63) is 47.1 Å². The van der Waals surface area contributed by atoms with E-state index in [-0.39, 0.29) is 9.20 Å². The van der Waals surface area contributed by atoms with Crippen molar-refractivity contribution in [1.82, 2.24) is 9.71 Å². The molecule has 2 rings (SSSR count). The molecular formula is C12H13N3O2S3. The molecular weight excluding hydrogens is 314 g/mol. The van der Waals surface area contributed by atoms with Gasteiger partial charge in [-0.15, -0.1) is 11.3 Å². The second-order valence-corrected chi connectivity index (χ2v) is 7.50. The van der Waals surface area contributed by atoms with Crippen LogP contribution in [-0.2, 0) is 16.4 Å². The molecule has 0 saturated heterocycles. The molecule has 0 aliphatic rings. The van der Waals surface area contributed by atoms with Crippen molar-refractivity contribution in [2.24, 2.45) is 5.73 Å². The number of hydrogen-bond donors (Lipinski definition) is 2. The lowest BCUT2D eigenvalue weighted by Crippen LogP contribution is -2.25. The Balaban J connectivity index is 1.98. The Hall–Kier alpha value is -1.35. The van der Waals surface area contributed by atoms with Gasteiger partial charge in [0.25, 0.3) is 0 Å². The van der Waals surface area contributed by atoms with Crippen LogP contribution < -0.4 is 10.5 Å². The maximum atomic E-state index is 12.1. The van der Waals surface area contributed by atoms with Crippen molar-refractivity contribution < 1.29 is 8.42 Å². The Morgan fingerprint density at radius 2 is 2.00 bits per heavy atom. The SMILES string of the molecule is NC(=S)c1ccc(S(=O)(=O)NCCc2ccncc2)s1. The van der Waals surface area contributed by atoms with Crippen molar-refractivity contribution >= 4 is 38.6 Å². The molecule has 8 heteroatoms. The first-order valence-electron chi connectivity index (χ1n) is 5.77. The van der Waals surface area contributed by atoms with E-state index in [4.69, 9.17) is 18.0 Å². The van der Waals surface area contributed by atoms with E-state index in [1.54, 1.807) is 18.5 Å². The van der Waals surface area contributed by atoms with Crippen molar-refractivity contribution in [3.63, 3.8) is 0 Å². The van der Waals surface area contributed by atoms with Gasteiger partial charge >= 0.3 is 0 Å². The number of nitrogens with one attached hydrogen (secondary N) is 1. The highest BCUT2D eigenvalue weighted by molar-refractivity contribution is 7.91. The highest BCUT2D eigenvalue weighted by atomic mass is 32.2. The summed E-state index contributed by atoms with van der Waals surface area (Å²) in [5.74, 6) is 0. The highest BCUT2D eigenvalue weighted by Gasteiger charge is 2.16. The van der Waals surface area contributed by atoms with Crippen LogP contribution in [0.15, 0.2) is 40.9 Å². The predicted molar refractivity (Wildman–Crippen MR) is 83.3 cm³/mol. The van der Waals surface area contributed by atoms with Crippen LogP contribution in [0.25, 0.3) is 0 Å². The van der Waals surface area contributed by atoms with Crippen LogP contribution in [-0.4, -0.2) is 24.9 Å². The van der Waals surface area contributed by atoms with E-state index < -0.39 is 10.0 Å². The topological polar surface area (TPSA) is 85.1 Å². The molecule has 0 fully saturated rings. The molecule has 3 N–H and O–H groups in total. The van der Waals surface area contributed by atoms with Gasteiger partial charge < -0.3 is 5.73 Å². The van der Waals surface area contributed by atoms with Gasteiger partial charge in [-0.25, -0.2) is 13.1 Å². The fourth-order valence-electron chi connectivity index (χ4n) is 1.55. The molecule has 0 saturated carbocycles. The first-order valence-corrected chi connectivity index (χ1v) is 8.48. The molecule has 0 aliphatic heterocycles. The molecule has 0 unspecified atom stereocenters. The van der Waals surface area contributed by atoms with E-state index in [0.29, 0.717) is 17.8 Å². The Morgan fingerprint density at radius 3 is 2.60 bits per heavy atom. The van der Waals surface area contributed by atoms with Gasteiger partial charge in [0.05, 0.1) is 4.88 Å². The van der Waals surface area contributed by atoms with Crippen LogP contribution in [0.5, 0.6) is 0 Å². The minimum atomic E-state index is -3.51. The quantitative estimate of drug-likeness (QED) is 0.781. The minimum Gasteiger partial charge on any atom is -0.389 e. The molecule has 5 nitrogen and oxygen atoms in total. The first-order chi connectivity index (χ1) is 9.49. The summed E-state index contributed by atoms with van der Waals surface area (Å²) >= 11 is 5.88. The number of thiophene rings is 1. The molecule has 2 aromatic rings. The lowest BCUT2D eigenvalue weighted by atomic mass is 10.2. The summed E-state index contributed by atoms with van der Waals surface area (Å²) in [7, 11) is -3.51. The number of nitrogens with two attached hydrogens (primary N) is 1. The highest BCUT2D eigenvalue weighted by Crippen LogP contribution is 2.21. The standard InChI is InChI=1S/C12H13N3O2S3/c13-12(18)10-1-2-11(19-10)20(16,17)15-8-5-9-3-6-14-7-4-9/h1-4,6-7,15H,5,8H2,(H2,13,18). The molecule has 0 bridgehead atoms. The summed E-state index contributed by atoms with van der Waals surface area (Å²) in [5, 5.41) is 0. The summed E-state index contributed by atoms with van der Waals surface area (Å²) in [4.78, 5) is 4.70. The normalized spacial score (nSPS) is 11.4. The van der Waals surface area contributed by atoms with Crippen LogP contribution in [0.3, 0.4) is 0 Å². The third-order valence-corrected chi connectivity index (χ3v) is 5.96. The van der Waals surface area contributed by atoms with E-state index in [0.717, 1.165) is 16.9 Å². The maximum absolute atomic E-state index is 12.1. The van der Waals surface area contributed by atoms with Crippen LogP contribution >= 0.6 is 23.6 Å². The zero-order valence-electron chi connectivity index (χ0n) is 10.4. The first kappa shape index (κ1) is 15.0. The van der Waals surface area contributed by atoms with Crippen molar-refractivity contribution in [2.75, 3.05) is 6.54 Å². The molecule has 106 valence electrons. The third kappa shape index (κ3) is 3.83. The van der Waals surface area contributed by atoms with Gasteiger partial charge in [-0.2, -0.15) is 0 Å². The summed E-state index contributed by atoms with van der Waals surface area (Å²) in [6.07, 6.45) is 3.96. The number of hydrogen-bond acceptors (Lipinski definition) is 5. The number of thiocarbonyl (C=S) groups is 1. The van der Waals surface area contributed by atoms with Gasteiger partial charge in [0.2, 0.25) is 10.0 Å². The molecule has 0 radical (unpaired) electrons. The van der Waals surface area contributed by atoms with Gasteiger partial charge in [-0.3, -0.25) is 4.98 Å². The Morgan fingerprint density at radius 1 is 1.30 bits per heavy atom. The predicted octanol–water partition coefficient (Wildman–Crippen LogP) is 1.30. The van der Waals surface area contributed by atoms with E-state index >= 15 is 0 Å². The van der Waals surface area contributed by atoms with Gasteiger partial charge in [-0.1, -0.05) is 12.2 Å². The second kappa shape index (κ2) is 6.40. The van der Waals surface area contributed by atoms with Gasteiger partial charge in [0.1, 0.15) is 9.20 Å². The van der Waals surface area contributed by atoms with Crippen LogP contribution in [0.1, 0.15) is 10.4 Å². The van der Waals surface area contributed by atoms with Crippen molar-refractivity contribution in [3.8, 4) is 0 Å². The number of sulfonamides is 1. The molecule has 0 aromatic carbocycles. The summed E-state index contributed by atoms with van der Waals surface area (Å²) in [5.41, 5.74) is 6.49. The summed E-state index contributed by atoms with van der Waals surface area (Å²) in [6, 6.07) is 6.83. The number of rotatable bonds is 6. The number of aromatic nitrogens is 1. The summed E-state index contributed by atoms with van der Waals surface area (Å²) < 4.78 is 26.9. The van der Waals surface area contributed by atoms with Crippen LogP contribution in [0.4, 0.5) is 0 Å². The number of nitrogens with zero attached hydrogens (tertiary/aromatic N) is 1. The monoisotopic (exact) mass is 327 g/mol. The van der Waals surface area contributed by atoms with Crippen molar-refractivity contribution in [2.45, 2.75) is 10.6 Å². The van der Waals surface area contributed by atoms with Crippen LogP contribution in [0, 0.1) is 0 Å². The molecule has 0 amide bonds. The molecule has 0 aliphatic carbocycles. The van der Waals surface area contributed by atoms with Gasteiger partial charge in [0, 0.05) is 18.9 Å². The fourth-order valence-corrected chi connectivity index (χ4v) is 3.98. The maximum Gasteiger partial charge on any atom is 0.250 e. The van der Waals surface area contributed by atoms with Crippen LogP contribution in [0.2, 0.25) is 0 Å². The third-order valence-electron chi connectivity index (χ3n) is 2.54. The zero-order chi connectivity index (χ0) is 14.6. The summed E-state index contributed by atoms with van der Waals surface area (Å²) in [6.45, 7) is 0.326. The minimum absolute atomic E-state index is 0.202. The van der Waals surface area contributed by atoms with Gasteiger partial charge in [-0.05, 0) is 36.2 Å². The Labute approximate surface area is 126 Å². The fraction of sp³-hybridized carbons (Fsp3) is 0.167. The Bertz CT molecular complexity index is 696.